The Morgan fingerprint density at radius 2 is 2.09 bits per heavy atom. The summed E-state index contributed by atoms with van der Waals surface area (Å²) >= 11 is 1.49. The Labute approximate surface area is 137 Å². The van der Waals surface area contributed by atoms with E-state index in [0.29, 0.717) is 37.8 Å². The smallest absolute Gasteiger partial charge is 0.289 e. The van der Waals surface area contributed by atoms with Gasteiger partial charge in [0.2, 0.25) is 5.76 Å². The molecular weight excluding hydrogens is 316 g/mol. The SMILES string of the molecule is CC1=C(C(=O)NCCc2csc(-c3ncccn3)n2)OCCO1. The molecule has 0 radical (unpaired) electrons. The molecule has 0 saturated carbocycles. The van der Waals surface area contributed by atoms with Gasteiger partial charge >= 0.3 is 0 Å². The molecule has 3 rings (SSSR count). The number of rotatable bonds is 5. The maximum Gasteiger partial charge on any atom is 0.289 e. The Bertz CT molecular complexity index is 715. The molecule has 0 bridgehead atoms. The van der Waals surface area contributed by atoms with Crippen LogP contribution in [0.5, 0.6) is 0 Å². The molecule has 0 aromatic carbocycles. The maximum atomic E-state index is 12.0. The van der Waals surface area contributed by atoms with Crippen LogP contribution in [0.15, 0.2) is 35.4 Å². The molecule has 8 heteroatoms. The summed E-state index contributed by atoms with van der Waals surface area (Å²) in [7, 11) is 0. The molecule has 0 saturated heterocycles. The van der Waals surface area contributed by atoms with Crippen LogP contribution in [-0.4, -0.2) is 40.6 Å². The van der Waals surface area contributed by atoms with Gasteiger partial charge in [0, 0.05) is 30.7 Å². The fraction of sp³-hybridized carbons (Fsp3) is 0.333. The van der Waals surface area contributed by atoms with Crippen molar-refractivity contribution in [2.75, 3.05) is 19.8 Å². The van der Waals surface area contributed by atoms with Gasteiger partial charge in [-0.15, -0.1) is 11.3 Å². The van der Waals surface area contributed by atoms with Gasteiger partial charge < -0.3 is 14.8 Å². The molecule has 0 atom stereocenters. The standard InChI is InChI=1S/C15H16N4O3S/c1-10-12(22-8-7-21-10)14(20)18-6-3-11-9-23-15(19-11)13-16-4-2-5-17-13/h2,4-5,9H,3,6-8H2,1H3,(H,18,20). The van der Waals surface area contributed by atoms with E-state index in [0.717, 1.165) is 10.7 Å². The zero-order valence-electron chi connectivity index (χ0n) is 12.6. The summed E-state index contributed by atoms with van der Waals surface area (Å²) in [5.74, 6) is 1.13. The zero-order valence-corrected chi connectivity index (χ0v) is 13.4. The van der Waals surface area contributed by atoms with Gasteiger partial charge in [-0.1, -0.05) is 0 Å². The summed E-state index contributed by atoms with van der Waals surface area (Å²) in [4.78, 5) is 24.8. The number of aromatic nitrogens is 3. The van der Waals surface area contributed by atoms with Crippen molar-refractivity contribution in [1.29, 1.82) is 0 Å². The minimum atomic E-state index is -0.260. The minimum absolute atomic E-state index is 0.257. The van der Waals surface area contributed by atoms with Gasteiger partial charge in [0.05, 0.1) is 5.69 Å². The molecule has 3 heterocycles. The van der Waals surface area contributed by atoms with Crippen molar-refractivity contribution < 1.29 is 14.3 Å². The van der Waals surface area contributed by atoms with Crippen LogP contribution in [-0.2, 0) is 20.7 Å². The van der Waals surface area contributed by atoms with Crippen molar-refractivity contribution in [3.8, 4) is 10.8 Å². The third-order valence-corrected chi connectivity index (χ3v) is 4.04. The Hall–Kier alpha value is -2.48. The molecule has 1 N–H and O–H groups in total. The van der Waals surface area contributed by atoms with Crippen molar-refractivity contribution in [2.24, 2.45) is 0 Å². The number of thiazole rings is 1. The highest BCUT2D eigenvalue weighted by molar-refractivity contribution is 7.13. The molecule has 0 spiro atoms. The summed E-state index contributed by atoms with van der Waals surface area (Å²) in [6, 6.07) is 1.77. The second-order valence-corrected chi connectivity index (χ2v) is 5.66. The van der Waals surface area contributed by atoms with E-state index in [9.17, 15) is 4.79 Å². The average Bonchev–Trinajstić information content (AvgIpc) is 3.05. The maximum absolute atomic E-state index is 12.0. The van der Waals surface area contributed by atoms with E-state index >= 15 is 0 Å². The van der Waals surface area contributed by atoms with Gasteiger partial charge in [0.15, 0.2) is 10.8 Å². The minimum Gasteiger partial charge on any atom is -0.491 e. The first-order valence-corrected chi connectivity index (χ1v) is 8.08. The number of ether oxygens (including phenoxy) is 2. The van der Waals surface area contributed by atoms with Crippen LogP contribution in [0.2, 0.25) is 0 Å². The van der Waals surface area contributed by atoms with E-state index in [1.54, 1.807) is 25.4 Å². The summed E-state index contributed by atoms with van der Waals surface area (Å²) in [6.45, 7) is 3.07. The molecule has 120 valence electrons. The Kier molecular flexibility index (Phi) is 4.82. The van der Waals surface area contributed by atoms with Gasteiger partial charge in [0.1, 0.15) is 19.0 Å². The molecule has 7 nitrogen and oxygen atoms in total. The number of nitrogens with zero attached hydrogens (tertiary/aromatic N) is 3. The number of carbonyl (C=O) groups excluding carboxylic acids is 1. The number of hydrogen-bond acceptors (Lipinski definition) is 7. The molecule has 2 aromatic rings. The predicted octanol–water partition coefficient (Wildman–Crippen LogP) is 1.54. The topological polar surface area (TPSA) is 86.2 Å². The third-order valence-electron chi connectivity index (χ3n) is 3.15. The van der Waals surface area contributed by atoms with Crippen molar-refractivity contribution >= 4 is 17.2 Å². The van der Waals surface area contributed by atoms with Crippen LogP contribution in [0, 0.1) is 0 Å². The van der Waals surface area contributed by atoms with Gasteiger partial charge in [-0.05, 0) is 13.0 Å². The first-order chi connectivity index (χ1) is 11.2. The van der Waals surface area contributed by atoms with Crippen LogP contribution in [0.1, 0.15) is 12.6 Å². The second kappa shape index (κ2) is 7.19. The number of amides is 1. The predicted molar refractivity (Wildman–Crippen MR) is 84.5 cm³/mol. The highest BCUT2D eigenvalue weighted by Crippen LogP contribution is 2.19. The lowest BCUT2D eigenvalue weighted by molar-refractivity contribution is -0.122. The largest absolute Gasteiger partial charge is 0.491 e. The fourth-order valence-corrected chi connectivity index (χ4v) is 2.85. The van der Waals surface area contributed by atoms with Gasteiger partial charge in [0.25, 0.3) is 5.91 Å². The lowest BCUT2D eigenvalue weighted by Gasteiger charge is -2.19. The molecule has 1 aliphatic rings. The van der Waals surface area contributed by atoms with Crippen LogP contribution in [0.25, 0.3) is 10.8 Å². The highest BCUT2D eigenvalue weighted by Gasteiger charge is 2.19. The lowest BCUT2D eigenvalue weighted by Crippen LogP contribution is -2.31. The summed E-state index contributed by atoms with van der Waals surface area (Å²) in [5, 5.41) is 5.53. The molecule has 2 aromatic heterocycles. The van der Waals surface area contributed by atoms with Gasteiger partial charge in [-0.25, -0.2) is 15.0 Å². The highest BCUT2D eigenvalue weighted by atomic mass is 32.1. The molecule has 23 heavy (non-hydrogen) atoms. The van der Waals surface area contributed by atoms with Crippen molar-refractivity contribution in [2.45, 2.75) is 13.3 Å². The molecule has 0 fully saturated rings. The molecule has 0 aliphatic carbocycles. The van der Waals surface area contributed by atoms with Crippen LogP contribution < -0.4 is 5.32 Å². The monoisotopic (exact) mass is 332 g/mol. The normalized spacial score (nSPS) is 14.1. The average molecular weight is 332 g/mol. The zero-order chi connectivity index (χ0) is 16.1. The number of allylic oxidation sites excluding steroid dienone is 1. The van der Waals surface area contributed by atoms with Crippen molar-refractivity contribution in [3.05, 3.63) is 41.1 Å². The van der Waals surface area contributed by atoms with E-state index in [1.807, 2.05) is 5.38 Å². The number of nitrogens with one attached hydrogen (secondary N) is 1. The molecular formula is C15H16N4O3S. The van der Waals surface area contributed by atoms with Crippen LogP contribution in [0.4, 0.5) is 0 Å². The Morgan fingerprint density at radius 1 is 1.30 bits per heavy atom. The molecule has 0 unspecified atom stereocenters. The van der Waals surface area contributed by atoms with E-state index in [4.69, 9.17) is 9.47 Å². The summed E-state index contributed by atoms with van der Waals surface area (Å²) in [5.41, 5.74) is 0.893. The van der Waals surface area contributed by atoms with E-state index in [1.165, 1.54) is 11.3 Å². The van der Waals surface area contributed by atoms with Gasteiger partial charge in [-0.2, -0.15) is 0 Å². The lowest BCUT2D eigenvalue weighted by atomic mass is 10.3. The first kappa shape index (κ1) is 15.4. The molecule has 1 amide bonds. The second-order valence-electron chi connectivity index (χ2n) is 4.80. The van der Waals surface area contributed by atoms with Gasteiger partial charge in [-0.3, -0.25) is 4.79 Å². The van der Waals surface area contributed by atoms with E-state index < -0.39 is 0 Å². The molecule has 1 aliphatic heterocycles. The van der Waals surface area contributed by atoms with Crippen molar-refractivity contribution in [3.63, 3.8) is 0 Å². The van der Waals surface area contributed by atoms with Crippen LogP contribution in [0.3, 0.4) is 0 Å². The summed E-state index contributed by atoms with van der Waals surface area (Å²) in [6.07, 6.45) is 4.00. The van der Waals surface area contributed by atoms with Crippen molar-refractivity contribution in [1.82, 2.24) is 20.3 Å². The van der Waals surface area contributed by atoms with E-state index in [2.05, 4.69) is 20.3 Å². The number of carbonyl (C=O) groups is 1. The summed E-state index contributed by atoms with van der Waals surface area (Å²) < 4.78 is 10.6. The fourth-order valence-electron chi connectivity index (χ4n) is 2.05. The first-order valence-electron chi connectivity index (χ1n) is 7.20. The Balaban J connectivity index is 1.53. The number of hydrogen-bond donors (Lipinski definition) is 1. The Morgan fingerprint density at radius 3 is 2.87 bits per heavy atom. The quantitative estimate of drug-likeness (QED) is 0.894. The van der Waals surface area contributed by atoms with E-state index in [-0.39, 0.29) is 11.7 Å². The van der Waals surface area contributed by atoms with Crippen LogP contribution >= 0.6 is 11.3 Å². The third kappa shape index (κ3) is 3.84.